The Labute approximate surface area is 103 Å². The highest BCUT2D eigenvalue weighted by Crippen LogP contribution is 2.33. The molecule has 4 heteroatoms. The molecule has 0 aliphatic heterocycles. The van der Waals surface area contributed by atoms with Gasteiger partial charge in [0.1, 0.15) is 5.60 Å². The SMILES string of the molecule is CNC(CSCC(=O)OC(C)(C)C)C1CC1. The van der Waals surface area contributed by atoms with Gasteiger partial charge in [-0.25, -0.2) is 0 Å². The Kier molecular flexibility index (Phi) is 5.12. The van der Waals surface area contributed by atoms with Gasteiger partial charge in [0, 0.05) is 11.8 Å². The zero-order chi connectivity index (χ0) is 12.2. The summed E-state index contributed by atoms with van der Waals surface area (Å²) in [4.78, 5) is 11.5. The van der Waals surface area contributed by atoms with Gasteiger partial charge in [-0.05, 0) is 46.6 Å². The number of nitrogens with one attached hydrogen (secondary N) is 1. The molecule has 0 heterocycles. The van der Waals surface area contributed by atoms with E-state index in [1.807, 2.05) is 27.8 Å². The lowest BCUT2D eigenvalue weighted by molar-refractivity contribution is -0.151. The molecule has 0 aromatic heterocycles. The van der Waals surface area contributed by atoms with Gasteiger partial charge < -0.3 is 10.1 Å². The van der Waals surface area contributed by atoms with Crippen LogP contribution < -0.4 is 5.32 Å². The number of thioether (sulfide) groups is 1. The molecule has 1 unspecified atom stereocenters. The molecule has 1 atom stereocenters. The van der Waals surface area contributed by atoms with E-state index in [1.54, 1.807) is 11.8 Å². The van der Waals surface area contributed by atoms with Gasteiger partial charge in [-0.2, -0.15) is 0 Å². The van der Waals surface area contributed by atoms with Crippen LogP contribution in [-0.2, 0) is 9.53 Å². The average Bonchev–Trinajstić information content (AvgIpc) is 2.92. The van der Waals surface area contributed by atoms with Gasteiger partial charge in [-0.15, -0.1) is 11.8 Å². The van der Waals surface area contributed by atoms with Gasteiger partial charge >= 0.3 is 5.97 Å². The standard InChI is InChI=1S/C12H23NO2S/c1-12(2,3)15-11(14)8-16-7-10(13-4)9-5-6-9/h9-10,13H,5-8H2,1-4H3. The second-order valence-corrected chi connectivity index (χ2v) is 6.36. The molecule has 3 nitrogen and oxygen atoms in total. The molecule has 0 aromatic rings. The highest BCUT2D eigenvalue weighted by atomic mass is 32.2. The fourth-order valence-electron chi connectivity index (χ4n) is 1.59. The van der Waals surface area contributed by atoms with Gasteiger partial charge in [0.15, 0.2) is 0 Å². The lowest BCUT2D eigenvalue weighted by Crippen LogP contribution is -2.31. The molecule has 0 saturated heterocycles. The van der Waals surface area contributed by atoms with Crippen molar-refractivity contribution < 1.29 is 9.53 Å². The van der Waals surface area contributed by atoms with E-state index in [9.17, 15) is 4.79 Å². The molecule has 1 fully saturated rings. The first-order valence-corrected chi connectivity index (χ1v) is 7.04. The summed E-state index contributed by atoms with van der Waals surface area (Å²) in [6, 6.07) is 0.562. The van der Waals surface area contributed by atoms with Crippen molar-refractivity contribution in [1.82, 2.24) is 5.32 Å². The Hall–Kier alpha value is -0.220. The van der Waals surface area contributed by atoms with Gasteiger partial charge in [0.05, 0.1) is 5.75 Å². The van der Waals surface area contributed by atoms with Crippen LogP contribution in [0.5, 0.6) is 0 Å². The minimum atomic E-state index is -0.365. The van der Waals surface area contributed by atoms with Crippen molar-refractivity contribution in [1.29, 1.82) is 0 Å². The van der Waals surface area contributed by atoms with Crippen LogP contribution in [0.2, 0.25) is 0 Å². The van der Waals surface area contributed by atoms with Crippen LogP contribution in [0.25, 0.3) is 0 Å². The Morgan fingerprint density at radius 2 is 2.12 bits per heavy atom. The third kappa shape index (κ3) is 5.75. The van der Waals surface area contributed by atoms with Crippen molar-refractivity contribution >= 4 is 17.7 Å². The maximum atomic E-state index is 11.5. The number of esters is 1. The molecule has 94 valence electrons. The van der Waals surface area contributed by atoms with E-state index < -0.39 is 0 Å². The minimum absolute atomic E-state index is 0.108. The third-order valence-electron chi connectivity index (χ3n) is 2.50. The molecular weight excluding hydrogens is 222 g/mol. The van der Waals surface area contributed by atoms with Gasteiger partial charge in [0.2, 0.25) is 0 Å². The molecule has 1 N–H and O–H groups in total. The summed E-state index contributed by atoms with van der Waals surface area (Å²) in [5.74, 6) is 2.18. The predicted molar refractivity (Wildman–Crippen MR) is 68.7 cm³/mol. The van der Waals surface area contributed by atoms with Crippen molar-refractivity contribution in [3.63, 3.8) is 0 Å². The molecular formula is C12H23NO2S. The summed E-state index contributed by atoms with van der Waals surface area (Å²) in [5, 5.41) is 3.31. The second kappa shape index (κ2) is 5.92. The lowest BCUT2D eigenvalue weighted by Gasteiger charge is -2.20. The fraction of sp³-hybridized carbons (Fsp3) is 0.917. The molecule has 1 saturated carbocycles. The average molecular weight is 245 g/mol. The summed E-state index contributed by atoms with van der Waals surface area (Å²) in [6.07, 6.45) is 2.66. The van der Waals surface area contributed by atoms with Crippen LogP contribution in [0.15, 0.2) is 0 Å². The highest BCUT2D eigenvalue weighted by molar-refractivity contribution is 7.99. The monoisotopic (exact) mass is 245 g/mol. The lowest BCUT2D eigenvalue weighted by atomic mass is 10.2. The smallest absolute Gasteiger partial charge is 0.316 e. The predicted octanol–water partition coefficient (Wildman–Crippen LogP) is 2.06. The molecule has 0 bridgehead atoms. The summed E-state index contributed by atoms with van der Waals surface area (Å²) in [5.41, 5.74) is -0.365. The molecule has 16 heavy (non-hydrogen) atoms. The number of hydrogen-bond acceptors (Lipinski definition) is 4. The third-order valence-corrected chi connectivity index (χ3v) is 3.53. The van der Waals surface area contributed by atoms with Crippen molar-refractivity contribution in [2.45, 2.75) is 45.3 Å². The zero-order valence-corrected chi connectivity index (χ0v) is 11.5. The number of carbonyl (C=O) groups is 1. The van der Waals surface area contributed by atoms with E-state index in [0.29, 0.717) is 11.8 Å². The van der Waals surface area contributed by atoms with Gasteiger partial charge in [-0.1, -0.05) is 0 Å². The van der Waals surface area contributed by atoms with Gasteiger partial charge in [0.25, 0.3) is 0 Å². The van der Waals surface area contributed by atoms with Crippen LogP contribution in [0.3, 0.4) is 0 Å². The second-order valence-electron chi connectivity index (χ2n) is 5.33. The van der Waals surface area contributed by atoms with Crippen molar-refractivity contribution in [2.75, 3.05) is 18.6 Å². The molecule has 0 aromatic carbocycles. The van der Waals surface area contributed by atoms with E-state index in [1.165, 1.54) is 12.8 Å². The maximum absolute atomic E-state index is 11.5. The Morgan fingerprint density at radius 1 is 1.50 bits per heavy atom. The molecule has 0 spiro atoms. The van der Waals surface area contributed by atoms with Crippen LogP contribution in [0, 0.1) is 5.92 Å². The Balaban J connectivity index is 2.12. The van der Waals surface area contributed by atoms with Crippen LogP contribution in [0.4, 0.5) is 0 Å². The summed E-state index contributed by atoms with van der Waals surface area (Å²) in [7, 11) is 2.00. The zero-order valence-electron chi connectivity index (χ0n) is 10.7. The first kappa shape index (κ1) is 13.8. The quantitative estimate of drug-likeness (QED) is 0.727. The minimum Gasteiger partial charge on any atom is -0.459 e. The Bertz CT molecular complexity index is 234. The first-order valence-electron chi connectivity index (χ1n) is 5.89. The van der Waals surface area contributed by atoms with E-state index in [2.05, 4.69) is 5.32 Å². The molecule has 0 radical (unpaired) electrons. The molecule has 1 rings (SSSR count). The van der Waals surface area contributed by atoms with E-state index in [0.717, 1.165) is 11.7 Å². The van der Waals surface area contributed by atoms with Crippen molar-refractivity contribution in [3.05, 3.63) is 0 Å². The molecule has 0 amide bonds. The number of ether oxygens (including phenoxy) is 1. The van der Waals surface area contributed by atoms with Crippen LogP contribution in [-0.4, -0.2) is 36.2 Å². The van der Waals surface area contributed by atoms with Crippen LogP contribution in [0.1, 0.15) is 33.6 Å². The van der Waals surface area contributed by atoms with Crippen molar-refractivity contribution in [3.8, 4) is 0 Å². The number of carbonyl (C=O) groups excluding carboxylic acids is 1. The highest BCUT2D eigenvalue weighted by Gasteiger charge is 2.30. The maximum Gasteiger partial charge on any atom is 0.316 e. The topological polar surface area (TPSA) is 38.3 Å². The summed E-state index contributed by atoms with van der Waals surface area (Å²) >= 11 is 1.67. The van der Waals surface area contributed by atoms with E-state index >= 15 is 0 Å². The largest absolute Gasteiger partial charge is 0.459 e. The van der Waals surface area contributed by atoms with E-state index in [4.69, 9.17) is 4.74 Å². The van der Waals surface area contributed by atoms with Gasteiger partial charge in [-0.3, -0.25) is 4.79 Å². The normalized spacial score (nSPS) is 18.2. The molecule has 1 aliphatic carbocycles. The fourth-order valence-corrected chi connectivity index (χ4v) is 2.63. The number of hydrogen-bond donors (Lipinski definition) is 1. The summed E-state index contributed by atoms with van der Waals surface area (Å²) in [6.45, 7) is 5.70. The summed E-state index contributed by atoms with van der Waals surface area (Å²) < 4.78 is 5.25. The first-order chi connectivity index (χ1) is 7.42. The van der Waals surface area contributed by atoms with Crippen molar-refractivity contribution in [2.24, 2.45) is 5.92 Å². The van der Waals surface area contributed by atoms with Crippen LogP contribution >= 0.6 is 11.8 Å². The molecule has 1 aliphatic rings. The number of rotatable bonds is 6. The van der Waals surface area contributed by atoms with E-state index in [-0.39, 0.29) is 11.6 Å². The Morgan fingerprint density at radius 3 is 2.56 bits per heavy atom.